The van der Waals surface area contributed by atoms with E-state index in [-0.39, 0.29) is 21.2 Å². The summed E-state index contributed by atoms with van der Waals surface area (Å²) in [5.74, 6) is 0.970. The molecule has 2 aliphatic rings. The van der Waals surface area contributed by atoms with Crippen LogP contribution in [0.15, 0.2) is 107 Å². The standard InChI is InChI=1S/C19H23N3O5S.C19H25N3O3S/c1-21(28(25,26)17-5-3-2-4-6-17)16-7-8-18(19(13-16)22(23)24)20-14-15-9-11-27-12-10-15;1-22(26(23,24)17-5-3-2-4-6-17)16-7-8-19(18(20)13-16)21-14-15-9-11-25-12-10-15/h2-8,13,15,20H,9-12,14H2,1H3;2-8,13,15,21H,9-12,14,20H2,1H3. The number of nitrogens with one attached hydrogen (secondary N) is 2. The second-order valence-corrected chi connectivity index (χ2v) is 17.1. The molecule has 0 spiro atoms. The van der Waals surface area contributed by atoms with Gasteiger partial charge < -0.3 is 25.8 Å². The topological polar surface area (TPSA) is 186 Å². The van der Waals surface area contributed by atoms with E-state index < -0.39 is 25.0 Å². The Morgan fingerprint density at radius 1 is 0.667 bits per heavy atom. The van der Waals surface area contributed by atoms with Crippen LogP contribution in [0.2, 0.25) is 0 Å². The fourth-order valence-electron chi connectivity index (χ4n) is 6.11. The number of sulfonamides is 2. The lowest BCUT2D eigenvalue weighted by molar-refractivity contribution is -0.383. The number of nitrogens with two attached hydrogens (primary N) is 1. The minimum absolute atomic E-state index is 0.127. The molecule has 290 valence electrons. The van der Waals surface area contributed by atoms with Gasteiger partial charge in [-0.25, -0.2) is 16.8 Å². The minimum Gasteiger partial charge on any atom is -0.397 e. The van der Waals surface area contributed by atoms with Crippen LogP contribution in [-0.4, -0.2) is 75.4 Å². The molecule has 2 aliphatic heterocycles. The number of nitrogen functional groups attached to an aromatic ring is 1. The van der Waals surface area contributed by atoms with Crippen LogP contribution in [0.4, 0.5) is 34.1 Å². The number of benzene rings is 4. The number of ether oxygens (including phenoxy) is 2. The molecule has 2 saturated heterocycles. The summed E-state index contributed by atoms with van der Waals surface area (Å²) in [4.78, 5) is 11.4. The Labute approximate surface area is 317 Å². The van der Waals surface area contributed by atoms with E-state index in [1.54, 1.807) is 72.8 Å². The maximum Gasteiger partial charge on any atom is 0.294 e. The summed E-state index contributed by atoms with van der Waals surface area (Å²) in [7, 11) is -4.49. The van der Waals surface area contributed by atoms with Gasteiger partial charge in [-0.1, -0.05) is 36.4 Å². The Bertz CT molecular complexity index is 2060. The van der Waals surface area contributed by atoms with Crippen LogP contribution < -0.4 is 25.0 Å². The lowest BCUT2D eigenvalue weighted by Gasteiger charge is -2.24. The SMILES string of the molecule is CN(c1ccc(NCC2CCOCC2)c(N)c1)S(=O)(=O)c1ccccc1.CN(c1ccc(NCC2CCOCC2)c([N+](=O)[O-])c1)S(=O)(=O)c1ccccc1. The van der Waals surface area contributed by atoms with Crippen molar-refractivity contribution in [1.82, 2.24) is 0 Å². The van der Waals surface area contributed by atoms with Crippen molar-refractivity contribution in [3.8, 4) is 0 Å². The number of hydrogen-bond acceptors (Lipinski definition) is 11. The molecule has 0 saturated carbocycles. The number of nitro benzene ring substituents is 1. The van der Waals surface area contributed by atoms with E-state index in [0.717, 1.165) is 55.4 Å². The molecule has 0 aromatic heterocycles. The van der Waals surface area contributed by atoms with E-state index in [4.69, 9.17) is 15.2 Å². The van der Waals surface area contributed by atoms with Crippen LogP contribution in [0.1, 0.15) is 25.7 Å². The fraction of sp³-hybridized carbons (Fsp3) is 0.368. The van der Waals surface area contributed by atoms with Crippen molar-refractivity contribution in [3.05, 3.63) is 107 Å². The van der Waals surface area contributed by atoms with Crippen LogP contribution in [0.3, 0.4) is 0 Å². The van der Waals surface area contributed by atoms with E-state index in [1.807, 2.05) is 6.07 Å². The molecule has 14 nitrogen and oxygen atoms in total. The zero-order valence-electron chi connectivity index (χ0n) is 30.5. The molecule has 0 radical (unpaired) electrons. The third-order valence-corrected chi connectivity index (χ3v) is 13.2. The van der Waals surface area contributed by atoms with Crippen LogP contribution >= 0.6 is 0 Å². The van der Waals surface area contributed by atoms with Gasteiger partial charge in [-0.2, -0.15) is 0 Å². The van der Waals surface area contributed by atoms with E-state index in [9.17, 15) is 26.9 Å². The van der Waals surface area contributed by atoms with Crippen molar-refractivity contribution in [2.45, 2.75) is 35.5 Å². The number of nitro groups is 1. The third-order valence-electron chi connectivity index (χ3n) is 9.59. The Morgan fingerprint density at radius 2 is 1.07 bits per heavy atom. The average Bonchev–Trinajstić information content (AvgIpc) is 3.20. The first-order valence-electron chi connectivity index (χ1n) is 17.8. The van der Waals surface area contributed by atoms with Crippen molar-refractivity contribution in [2.75, 3.05) is 78.6 Å². The van der Waals surface area contributed by atoms with Gasteiger partial charge in [-0.15, -0.1) is 0 Å². The first-order chi connectivity index (χ1) is 25.9. The second kappa shape index (κ2) is 18.4. The highest BCUT2D eigenvalue weighted by molar-refractivity contribution is 7.93. The molecular weight excluding hydrogens is 733 g/mol. The molecule has 16 heteroatoms. The largest absolute Gasteiger partial charge is 0.397 e. The number of rotatable bonds is 13. The van der Waals surface area contributed by atoms with Crippen molar-refractivity contribution in [1.29, 1.82) is 0 Å². The maximum atomic E-state index is 12.8. The van der Waals surface area contributed by atoms with Gasteiger partial charge in [0.1, 0.15) is 5.69 Å². The maximum absolute atomic E-state index is 12.8. The van der Waals surface area contributed by atoms with Gasteiger partial charge in [0.25, 0.3) is 25.7 Å². The highest BCUT2D eigenvalue weighted by atomic mass is 32.2. The van der Waals surface area contributed by atoms with E-state index in [0.29, 0.717) is 48.7 Å². The molecule has 0 aliphatic carbocycles. The van der Waals surface area contributed by atoms with Crippen molar-refractivity contribution >= 4 is 54.2 Å². The number of hydrogen-bond donors (Lipinski definition) is 3. The summed E-state index contributed by atoms with van der Waals surface area (Å²) in [5, 5.41) is 18.1. The van der Waals surface area contributed by atoms with Crippen molar-refractivity contribution < 1.29 is 31.2 Å². The number of nitrogens with zero attached hydrogens (tertiary/aromatic N) is 3. The van der Waals surface area contributed by atoms with Gasteiger partial charge in [0.15, 0.2) is 0 Å². The molecule has 0 atom stereocenters. The average molecular weight is 781 g/mol. The minimum atomic E-state index is -3.80. The predicted octanol–water partition coefficient (Wildman–Crippen LogP) is 6.19. The van der Waals surface area contributed by atoms with Crippen LogP contribution in [0.25, 0.3) is 0 Å². The van der Waals surface area contributed by atoms with Crippen LogP contribution in [-0.2, 0) is 29.5 Å². The third kappa shape index (κ3) is 10.2. The highest BCUT2D eigenvalue weighted by Gasteiger charge is 2.25. The monoisotopic (exact) mass is 780 g/mol. The summed E-state index contributed by atoms with van der Waals surface area (Å²) in [6.45, 7) is 4.48. The lowest BCUT2D eigenvalue weighted by atomic mass is 10.0. The Kier molecular flexibility index (Phi) is 13.7. The quantitative estimate of drug-likeness (QED) is 0.0798. The lowest BCUT2D eigenvalue weighted by Crippen LogP contribution is -2.26. The molecule has 2 fully saturated rings. The van der Waals surface area contributed by atoms with Crippen molar-refractivity contribution in [3.63, 3.8) is 0 Å². The Hall–Kier alpha value is -4.90. The zero-order chi connectivity index (χ0) is 38.7. The molecule has 0 bridgehead atoms. The summed E-state index contributed by atoms with van der Waals surface area (Å²) < 4.78 is 64.0. The summed E-state index contributed by atoms with van der Waals surface area (Å²) in [6.07, 6.45) is 3.92. The smallest absolute Gasteiger partial charge is 0.294 e. The normalized spacial score (nSPS) is 15.4. The molecule has 2 heterocycles. The summed E-state index contributed by atoms with van der Waals surface area (Å²) >= 11 is 0. The molecular formula is C38H48N6O8S2. The molecule has 4 N–H and O–H groups in total. The molecule has 54 heavy (non-hydrogen) atoms. The summed E-state index contributed by atoms with van der Waals surface area (Å²) in [5.41, 5.74) is 8.49. The van der Waals surface area contributed by atoms with Gasteiger partial charge in [0.05, 0.1) is 37.5 Å². The van der Waals surface area contributed by atoms with Crippen molar-refractivity contribution in [2.24, 2.45) is 11.8 Å². The van der Waals surface area contributed by atoms with Crippen LogP contribution in [0.5, 0.6) is 0 Å². The van der Waals surface area contributed by atoms with E-state index in [1.165, 1.54) is 36.6 Å². The van der Waals surface area contributed by atoms with Crippen LogP contribution in [0, 0.1) is 22.0 Å². The molecule has 0 amide bonds. The fourth-order valence-corrected chi connectivity index (χ4v) is 8.53. The first kappa shape index (κ1) is 40.3. The predicted molar refractivity (Wildman–Crippen MR) is 212 cm³/mol. The van der Waals surface area contributed by atoms with Gasteiger partial charge >= 0.3 is 0 Å². The highest BCUT2D eigenvalue weighted by Crippen LogP contribution is 2.33. The first-order valence-corrected chi connectivity index (χ1v) is 20.6. The zero-order valence-corrected chi connectivity index (χ0v) is 32.1. The number of anilines is 5. The van der Waals surface area contributed by atoms with Gasteiger partial charge in [0.2, 0.25) is 0 Å². The molecule has 4 aromatic rings. The Balaban J connectivity index is 0.000000208. The van der Waals surface area contributed by atoms with Gasteiger partial charge in [-0.05, 0) is 92.1 Å². The Morgan fingerprint density at radius 3 is 1.50 bits per heavy atom. The molecule has 4 aromatic carbocycles. The molecule has 6 rings (SSSR count). The van der Waals surface area contributed by atoms with Gasteiger partial charge in [-0.3, -0.25) is 18.7 Å². The summed E-state index contributed by atoms with van der Waals surface area (Å²) in [6, 6.07) is 26.0. The van der Waals surface area contributed by atoms with E-state index in [2.05, 4.69) is 10.6 Å². The van der Waals surface area contributed by atoms with E-state index >= 15 is 0 Å². The molecule has 0 unspecified atom stereocenters. The second-order valence-electron chi connectivity index (χ2n) is 13.2. The van der Waals surface area contributed by atoms with Gasteiger partial charge in [0, 0.05) is 59.7 Å².